The standard InChI is InChI=1S/C13H23N5.HI/c1-4-6-7-9-15-13(14-5-2)16-11-12-8-10-17-18(12)3;/h4,6,8,10H,5,7,9,11H2,1-3H3,(H2,14,15,16);1H/b6-4+;. The molecule has 19 heavy (non-hydrogen) atoms. The Kier molecular flexibility index (Phi) is 10.2. The molecule has 108 valence electrons. The van der Waals surface area contributed by atoms with Crippen LogP contribution < -0.4 is 10.6 Å². The molecule has 0 aliphatic carbocycles. The minimum atomic E-state index is 0. The van der Waals surface area contributed by atoms with Crippen molar-refractivity contribution in [1.82, 2.24) is 20.4 Å². The number of hydrogen-bond donors (Lipinski definition) is 2. The van der Waals surface area contributed by atoms with Gasteiger partial charge in [0.2, 0.25) is 0 Å². The summed E-state index contributed by atoms with van der Waals surface area (Å²) >= 11 is 0. The summed E-state index contributed by atoms with van der Waals surface area (Å²) in [4.78, 5) is 4.52. The molecule has 0 atom stereocenters. The lowest BCUT2D eigenvalue weighted by Crippen LogP contribution is -2.37. The van der Waals surface area contributed by atoms with Crippen LogP contribution in [-0.2, 0) is 13.6 Å². The third kappa shape index (κ3) is 7.19. The summed E-state index contributed by atoms with van der Waals surface area (Å²) < 4.78 is 1.84. The predicted molar refractivity (Wildman–Crippen MR) is 90.9 cm³/mol. The largest absolute Gasteiger partial charge is 0.357 e. The molecule has 0 unspecified atom stereocenters. The summed E-state index contributed by atoms with van der Waals surface area (Å²) in [7, 11) is 1.93. The highest BCUT2D eigenvalue weighted by atomic mass is 127. The molecule has 0 fully saturated rings. The first-order valence-electron chi connectivity index (χ1n) is 6.38. The van der Waals surface area contributed by atoms with E-state index < -0.39 is 0 Å². The third-order valence-electron chi connectivity index (χ3n) is 2.50. The lowest BCUT2D eigenvalue weighted by Gasteiger charge is -2.10. The molecule has 0 radical (unpaired) electrons. The fraction of sp³-hybridized carbons (Fsp3) is 0.538. The predicted octanol–water partition coefficient (Wildman–Crippen LogP) is 2.06. The Morgan fingerprint density at radius 2 is 2.26 bits per heavy atom. The number of aliphatic imine (C=N–C) groups is 1. The Labute approximate surface area is 132 Å². The molecule has 0 saturated carbocycles. The number of hydrogen-bond acceptors (Lipinski definition) is 2. The van der Waals surface area contributed by atoms with E-state index in [4.69, 9.17) is 0 Å². The Hall–Kier alpha value is -1.05. The van der Waals surface area contributed by atoms with Gasteiger partial charge < -0.3 is 10.6 Å². The smallest absolute Gasteiger partial charge is 0.191 e. The molecule has 0 aliphatic heterocycles. The molecule has 6 heteroatoms. The van der Waals surface area contributed by atoms with E-state index >= 15 is 0 Å². The Morgan fingerprint density at radius 3 is 2.84 bits per heavy atom. The lowest BCUT2D eigenvalue weighted by molar-refractivity contribution is 0.707. The average molecular weight is 377 g/mol. The van der Waals surface area contributed by atoms with Crippen molar-refractivity contribution in [3.8, 4) is 0 Å². The molecule has 5 nitrogen and oxygen atoms in total. The van der Waals surface area contributed by atoms with Gasteiger partial charge in [0.1, 0.15) is 0 Å². The van der Waals surface area contributed by atoms with E-state index in [0.29, 0.717) is 6.54 Å². The number of nitrogens with one attached hydrogen (secondary N) is 2. The van der Waals surface area contributed by atoms with E-state index in [-0.39, 0.29) is 24.0 Å². The van der Waals surface area contributed by atoms with Gasteiger partial charge in [-0.15, -0.1) is 24.0 Å². The van der Waals surface area contributed by atoms with Crippen LogP contribution in [0.3, 0.4) is 0 Å². The van der Waals surface area contributed by atoms with Crippen molar-refractivity contribution in [2.45, 2.75) is 26.8 Å². The van der Waals surface area contributed by atoms with Crippen molar-refractivity contribution in [3.63, 3.8) is 0 Å². The molecule has 1 aromatic rings. The molecular weight excluding hydrogens is 353 g/mol. The fourth-order valence-electron chi connectivity index (χ4n) is 1.50. The van der Waals surface area contributed by atoms with Crippen LogP contribution in [0.4, 0.5) is 0 Å². The van der Waals surface area contributed by atoms with E-state index in [2.05, 4.69) is 39.8 Å². The number of aryl methyl sites for hydroxylation is 1. The highest BCUT2D eigenvalue weighted by molar-refractivity contribution is 14.0. The molecule has 0 saturated heterocycles. The SMILES string of the molecule is C/C=C/CCNC(=NCc1ccnn1C)NCC.I. The van der Waals surface area contributed by atoms with Gasteiger partial charge in [0.25, 0.3) is 0 Å². The van der Waals surface area contributed by atoms with Gasteiger partial charge in [-0.3, -0.25) is 4.68 Å². The Bertz CT molecular complexity index is 397. The molecule has 1 aromatic heterocycles. The summed E-state index contributed by atoms with van der Waals surface area (Å²) in [5, 5.41) is 10.6. The first-order chi connectivity index (χ1) is 8.77. The third-order valence-corrected chi connectivity index (χ3v) is 2.50. The number of halogens is 1. The van der Waals surface area contributed by atoms with E-state index in [1.54, 1.807) is 6.20 Å². The van der Waals surface area contributed by atoms with E-state index in [9.17, 15) is 0 Å². The fourth-order valence-corrected chi connectivity index (χ4v) is 1.50. The Morgan fingerprint density at radius 1 is 1.47 bits per heavy atom. The van der Waals surface area contributed by atoms with E-state index in [1.165, 1.54) is 0 Å². The topological polar surface area (TPSA) is 54.2 Å². The maximum absolute atomic E-state index is 4.52. The van der Waals surface area contributed by atoms with Gasteiger partial charge >= 0.3 is 0 Å². The quantitative estimate of drug-likeness (QED) is 0.262. The lowest BCUT2D eigenvalue weighted by atomic mass is 10.4. The Balaban J connectivity index is 0.00000324. The monoisotopic (exact) mass is 377 g/mol. The maximum atomic E-state index is 4.52. The van der Waals surface area contributed by atoms with Crippen LogP contribution in [0, 0.1) is 0 Å². The van der Waals surface area contributed by atoms with Crippen LogP contribution in [0.25, 0.3) is 0 Å². The minimum Gasteiger partial charge on any atom is -0.357 e. The van der Waals surface area contributed by atoms with Crippen LogP contribution in [0.5, 0.6) is 0 Å². The number of nitrogens with zero attached hydrogens (tertiary/aromatic N) is 3. The van der Waals surface area contributed by atoms with Crippen molar-refractivity contribution in [3.05, 3.63) is 30.1 Å². The van der Waals surface area contributed by atoms with Crippen molar-refractivity contribution >= 4 is 29.9 Å². The van der Waals surface area contributed by atoms with Crippen molar-refractivity contribution in [2.75, 3.05) is 13.1 Å². The second-order valence-corrected chi connectivity index (χ2v) is 3.93. The van der Waals surface area contributed by atoms with Crippen molar-refractivity contribution in [1.29, 1.82) is 0 Å². The number of guanidine groups is 1. The first-order valence-corrected chi connectivity index (χ1v) is 6.38. The van der Waals surface area contributed by atoms with Gasteiger partial charge in [-0.25, -0.2) is 4.99 Å². The zero-order valence-electron chi connectivity index (χ0n) is 11.9. The molecule has 0 spiro atoms. The highest BCUT2D eigenvalue weighted by Crippen LogP contribution is 1.97. The van der Waals surface area contributed by atoms with E-state index in [1.807, 2.05) is 24.7 Å². The zero-order chi connectivity index (χ0) is 13.2. The molecule has 0 amide bonds. The molecular formula is C13H24IN5. The van der Waals surface area contributed by atoms with Crippen molar-refractivity contribution < 1.29 is 0 Å². The van der Waals surface area contributed by atoms with Gasteiger partial charge in [-0.05, 0) is 26.3 Å². The van der Waals surface area contributed by atoms with Gasteiger partial charge in [-0.2, -0.15) is 5.10 Å². The average Bonchev–Trinajstić information content (AvgIpc) is 2.77. The second-order valence-electron chi connectivity index (χ2n) is 3.93. The van der Waals surface area contributed by atoms with E-state index in [0.717, 1.165) is 31.2 Å². The normalized spacial score (nSPS) is 11.4. The number of aromatic nitrogens is 2. The number of allylic oxidation sites excluding steroid dienone is 1. The van der Waals surface area contributed by atoms with Gasteiger partial charge in [0.05, 0.1) is 12.2 Å². The van der Waals surface area contributed by atoms with Gasteiger partial charge in [0, 0.05) is 26.3 Å². The molecule has 2 N–H and O–H groups in total. The number of rotatable bonds is 6. The van der Waals surface area contributed by atoms with Crippen LogP contribution in [0.1, 0.15) is 26.0 Å². The zero-order valence-corrected chi connectivity index (χ0v) is 14.2. The molecule has 0 aliphatic rings. The van der Waals surface area contributed by atoms with Crippen LogP contribution in [0.15, 0.2) is 29.4 Å². The summed E-state index contributed by atoms with van der Waals surface area (Å²) in [6.45, 7) is 6.48. The minimum absolute atomic E-state index is 0. The van der Waals surface area contributed by atoms with Gasteiger partial charge in [-0.1, -0.05) is 12.2 Å². The second kappa shape index (κ2) is 10.8. The molecule has 0 bridgehead atoms. The molecule has 0 aromatic carbocycles. The summed E-state index contributed by atoms with van der Waals surface area (Å²) in [6.07, 6.45) is 6.99. The summed E-state index contributed by atoms with van der Waals surface area (Å²) in [5.74, 6) is 0.850. The highest BCUT2D eigenvalue weighted by Gasteiger charge is 1.99. The first kappa shape index (κ1) is 17.9. The van der Waals surface area contributed by atoms with Crippen LogP contribution in [-0.4, -0.2) is 28.8 Å². The maximum Gasteiger partial charge on any atom is 0.191 e. The van der Waals surface area contributed by atoms with Gasteiger partial charge in [0.15, 0.2) is 5.96 Å². The van der Waals surface area contributed by atoms with Crippen LogP contribution >= 0.6 is 24.0 Å². The summed E-state index contributed by atoms with van der Waals surface area (Å²) in [5.41, 5.74) is 1.10. The molecule has 1 rings (SSSR count). The summed E-state index contributed by atoms with van der Waals surface area (Å²) in [6, 6.07) is 1.98. The molecule has 1 heterocycles. The van der Waals surface area contributed by atoms with Crippen molar-refractivity contribution in [2.24, 2.45) is 12.0 Å². The van der Waals surface area contributed by atoms with Crippen LogP contribution in [0.2, 0.25) is 0 Å².